The van der Waals surface area contributed by atoms with Gasteiger partial charge in [-0.05, 0) is 6.92 Å². The Morgan fingerprint density at radius 3 is 2.12 bits per heavy atom. The summed E-state index contributed by atoms with van der Waals surface area (Å²) >= 11 is 0. The number of likely N-dealkylation sites (N-methyl/N-ethyl adjacent to an activating group) is 1. The highest BCUT2D eigenvalue weighted by Crippen LogP contribution is 2.06. The van der Waals surface area contributed by atoms with Crippen LogP contribution in [-0.2, 0) is 19.1 Å². The average molecular weight is 230 g/mol. The molecular formula is C10H18N2O4. The number of rotatable bonds is 5. The van der Waals surface area contributed by atoms with Gasteiger partial charge in [0.2, 0.25) is 11.8 Å². The van der Waals surface area contributed by atoms with Gasteiger partial charge in [0, 0.05) is 20.8 Å². The lowest BCUT2D eigenvalue weighted by molar-refractivity contribution is -0.159. The van der Waals surface area contributed by atoms with E-state index in [-0.39, 0.29) is 31.4 Å². The molecule has 0 aromatic heterocycles. The van der Waals surface area contributed by atoms with Gasteiger partial charge in [0.15, 0.2) is 6.29 Å². The van der Waals surface area contributed by atoms with E-state index in [0.29, 0.717) is 6.54 Å². The maximum absolute atomic E-state index is 11.7. The highest BCUT2D eigenvalue weighted by molar-refractivity contribution is 5.92. The molecule has 0 aliphatic carbocycles. The molecule has 0 spiro atoms. The summed E-state index contributed by atoms with van der Waals surface area (Å²) in [5, 5.41) is 0. The van der Waals surface area contributed by atoms with Crippen LogP contribution in [-0.4, -0.2) is 68.3 Å². The van der Waals surface area contributed by atoms with Gasteiger partial charge in [-0.15, -0.1) is 0 Å². The number of methoxy groups -OCH3 is 2. The van der Waals surface area contributed by atoms with E-state index in [2.05, 4.69) is 0 Å². The number of piperazine rings is 1. The number of ether oxygens (including phenoxy) is 2. The van der Waals surface area contributed by atoms with E-state index in [1.165, 1.54) is 24.0 Å². The van der Waals surface area contributed by atoms with Crippen molar-refractivity contribution in [3.63, 3.8) is 0 Å². The van der Waals surface area contributed by atoms with Gasteiger partial charge in [-0.3, -0.25) is 9.59 Å². The maximum Gasteiger partial charge on any atom is 0.242 e. The molecule has 1 rings (SSSR count). The smallest absolute Gasteiger partial charge is 0.242 e. The van der Waals surface area contributed by atoms with Crippen molar-refractivity contribution < 1.29 is 19.1 Å². The van der Waals surface area contributed by atoms with Gasteiger partial charge in [-0.25, -0.2) is 0 Å². The van der Waals surface area contributed by atoms with Crippen molar-refractivity contribution in [1.29, 1.82) is 0 Å². The molecule has 0 radical (unpaired) electrons. The normalized spacial score (nSPS) is 17.5. The van der Waals surface area contributed by atoms with Gasteiger partial charge in [0.1, 0.15) is 0 Å². The summed E-state index contributed by atoms with van der Waals surface area (Å²) in [7, 11) is 3.01. The molecule has 0 aromatic rings. The average Bonchev–Trinajstić information content (AvgIpc) is 2.29. The molecule has 92 valence electrons. The van der Waals surface area contributed by atoms with Crippen LogP contribution in [0.15, 0.2) is 0 Å². The fourth-order valence-corrected chi connectivity index (χ4v) is 1.58. The first-order valence-electron chi connectivity index (χ1n) is 5.23. The molecule has 0 saturated carbocycles. The summed E-state index contributed by atoms with van der Waals surface area (Å²) in [6, 6.07) is 0. The van der Waals surface area contributed by atoms with Crippen molar-refractivity contribution in [2.24, 2.45) is 0 Å². The van der Waals surface area contributed by atoms with Crippen molar-refractivity contribution in [2.75, 3.05) is 40.4 Å². The van der Waals surface area contributed by atoms with E-state index < -0.39 is 6.29 Å². The van der Waals surface area contributed by atoms with E-state index in [1.54, 1.807) is 0 Å². The second-order valence-electron chi connectivity index (χ2n) is 3.58. The number of hydrogen-bond acceptors (Lipinski definition) is 4. The molecule has 1 aliphatic rings. The van der Waals surface area contributed by atoms with Crippen LogP contribution < -0.4 is 0 Å². The molecule has 0 unspecified atom stereocenters. The first kappa shape index (κ1) is 12.9. The molecule has 1 aliphatic heterocycles. The summed E-state index contributed by atoms with van der Waals surface area (Å²) in [4.78, 5) is 26.3. The number of nitrogens with zero attached hydrogens (tertiary/aromatic N) is 2. The molecule has 0 atom stereocenters. The van der Waals surface area contributed by atoms with E-state index in [4.69, 9.17) is 9.47 Å². The fourth-order valence-electron chi connectivity index (χ4n) is 1.58. The molecule has 1 fully saturated rings. The van der Waals surface area contributed by atoms with E-state index >= 15 is 0 Å². The molecule has 1 saturated heterocycles. The van der Waals surface area contributed by atoms with Gasteiger partial charge < -0.3 is 19.3 Å². The lowest BCUT2D eigenvalue weighted by atomic mass is 10.3. The molecule has 16 heavy (non-hydrogen) atoms. The second-order valence-corrected chi connectivity index (χ2v) is 3.58. The van der Waals surface area contributed by atoms with Crippen LogP contribution in [0, 0.1) is 0 Å². The second kappa shape index (κ2) is 5.81. The lowest BCUT2D eigenvalue weighted by Gasteiger charge is -2.34. The van der Waals surface area contributed by atoms with Crippen LogP contribution in [0.4, 0.5) is 0 Å². The molecular weight excluding hydrogens is 212 g/mol. The van der Waals surface area contributed by atoms with Crippen LogP contribution in [0.1, 0.15) is 6.92 Å². The third-order valence-corrected chi connectivity index (χ3v) is 2.63. The predicted molar refractivity (Wildman–Crippen MR) is 56.6 cm³/mol. The molecule has 1 heterocycles. The number of hydrogen-bond donors (Lipinski definition) is 0. The Hall–Kier alpha value is -1.14. The molecule has 2 amide bonds. The molecule has 6 heteroatoms. The Kier molecular flexibility index (Phi) is 4.70. The van der Waals surface area contributed by atoms with Crippen LogP contribution >= 0.6 is 0 Å². The van der Waals surface area contributed by atoms with Crippen molar-refractivity contribution in [3.8, 4) is 0 Å². The Balaban J connectivity index is 2.56. The van der Waals surface area contributed by atoms with Crippen LogP contribution in [0.5, 0.6) is 0 Å². The topological polar surface area (TPSA) is 59.1 Å². The minimum atomic E-state index is -0.482. The standard InChI is InChI=1S/C10H18N2O4/c1-4-11-5-9(14)12(6-8(11)13)7-10(15-2)16-3/h10H,4-7H2,1-3H3. The quantitative estimate of drug-likeness (QED) is 0.586. The minimum Gasteiger partial charge on any atom is -0.354 e. The molecule has 0 aromatic carbocycles. The first-order chi connectivity index (χ1) is 7.62. The largest absolute Gasteiger partial charge is 0.354 e. The summed E-state index contributed by atoms with van der Waals surface area (Å²) in [5.74, 6) is -0.103. The minimum absolute atomic E-state index is 0.0342. The zero-order valence-electron chi connectivity index (χ0n) is 9.93. The molecule has 0 bridgehead atoms. The van der Waals surface area contributed by atoms with Gasteiger partial charge in [0.25, 0.3) is 0 Å². The van der Waals surface area contributed by atoms with Crippen LogP contribution in [0.3, 0.4) is 0 Å². The third-order valence-electron chi connectivity index (χ3n) is 2.63. The third kappa shape index (κ3) is 2.93. The highest BCUT2D eigenvalue weighted by atomic mass is 16.7. The van der Waals surface area contributed by atoms with Crippen LogP contribution in [0.2, 0.25) is 0 Å². The van der Waals surface area contributed by atoms with Gasteiger partial charge >= 0.3 is 0 Å². The first-order valence-corrected chi connectivity index (χ1v) is 5.23. The number of carbonyl (C=O) groups excluding carboxylic acids is 2. The van der Waals surface area contributed by atoms with E-state index in [1.807, 2.05) is 6.92 Å². The Morgan fingerprint density at radius 2 is 1.62 bits per heavy atom. The summed E-state index contributed by atoms with van der Waals surface area (Å²) in [6.45, 7) is 2.96. The fraction of sp³-hybridized carbons (Fsp3) is 0.800. The van der Waals surface area contributed by atoms with Gasteiger partial charge in [0.05, 0.1) is 19.6 Å². The maximum atomic E-state index is 11.7. The van der Waals surface area contributed by atoms with Crippen molar-refractivity contribution >= 4 is 11.8 Å². The zero-order chi connectivity index (χ0) is 12.1. The number of carbonyl (C=O) groups is 2. The lowest BCUT2D eigenvalue weighted by Crippen LogP contribution is -2.55. The Morgan fingerprint density at radius 1 is 1.12 bits per heavy atom. The predicted octanol–water partition coefficient (Wildman–Crippen LogP) is -0.704. The van der Waals surface area contributed by atoms with Crippen molar-refractivity contribution in [2.45, 2.75) is 13.2 Å². The summed E-state index contributed by atoms with van der Waals surface area (Å²) in [6.07, 6.45) is -0.482. The van der Waals surface area contributed by atoms with Crippen LogP contribution in [0.25, 0.3) is 0 Å². The van der Waals surface area contributed by atoms with E-state index in [9.17, 15) is 9.59 Å². The number of amides is 2. The monoisotopic (exact) mass is 230 g/mol. The molecule has 0 N–H and O–H groups in total. The SMILES string of the molecule is CCN1CC(=O)N(CC(OC)OC)CC1=O. The van der Waals surface area contributed by atoms with Crippen molar-refractivity contribution in [3.05, 3.63) is 0 Å². The Labute approximate surface area is 95.1 Å². The summed E-state index contributed by atoms with van der Waals surface area (Å²) < 4.78 is 10.00. The van der Waals surface area contributed by atoms with Gasteiger partial charge in [-0.1, -0.05) is 0 Å². The summed E-state index contributed by atoms with van der Waals surface area (Å²) in [5.41, 5.74) is 0. The van der Waals surface area contributed by atoms with E-state index in [0.717, 1.165) is 0 Å². The van der Waals surface area contributed by atoms with Crippen molar-refractivity contribution in [1.82, 2.24) is 9.80 Å². The highest BCUT2D eigenvalue weighted by Gasteiger charge is 2.30. The Bertz CT molecular complexity index is 266. The van der Waals surface area contributed by atoms with Gasteiger partial charge in [-0.2, -0.15) is 0 Å². The molecule has 6 nitrogen and oxygen atoms in total. The zero-order valence-corrected chi connectivity index (χ0v) is 9.93.